The number of piperidine rings is 1. The van der Waals surface area contributed by atoms with Gasteiger partial charge in [-0.2, -0.15) is 0 Å². The number of hydrogen-bond acceptors (Lipinski definition) is 6. The van der Waals surface area contributed by atoms with Crippen molar-refractivity contribution in [2.75, 3.05) is 36.5 Å². The van der Waals surface area contributed by atoms with Gasteiger partial charge in [0.2, 0.25) is 5.95 Å². The third-order valence-corrected chi connectivity index (χ3v) is 7.35. The molecule has 6 bridgehead atoms. The fourth-order valence-corrected chi connectivity index (χ4v) is 5.39. The molecule has 1 saturated heterocycles. The zero-order valence-corrected chi connectivity index (χ0v) is 21.9. The maximum atomic E-state index is 12.6. The van der Waals surface area contributed by atoms with Gasteiger partial charge in [-0.25, -0.2) is 9.97 Å². The lowest BCUT2D eigenvalue weighted by Gasteiger charge is -2.31. The Balaban J connectivity index is 1.47. The van der Waals surface area contributed by atoms with E-state index in [1.807, 2.05) is 24.3 Å². The molecule has 0 saturated carbocycles. The lowest BCUT2D eigenvalue weighted by molar-refractivity contribution is 0.0946. The van der Waals surface area contributed by atoms with Crippen molar-refractivity contribution in [2.24, 2.45) is 0 Å². The predicted octanol–water partition coefficient (Wildman–Crippen LogP) is 5.52. The summed E-state index contributed by atoms with van der Waals surface area (Å²) < 4.78 is 7.05. The minimum atomic E-state index is -0.0551. The highest BCUT2D eigenvalue weighted by Gasteiger charge is 2.16. The van der Waals surface area contributed by atoms with Crippen molar-refractivity contribution in [1.29, 1.82) is 0 Å². The summed E-state index contributed by atoms with van der Waals surface area (Å²) in [6, 6.07) is 14.1. The van der Waals surface area contributed by atoms with E-state index in [0.717, 1.165) is 46.4 Å². The molecule has 0 aliphatic carbocycles. The molecule has 35 heavy (non-hydrogen) atoms. The fraction of sp³-hybridized carbons (Fsp3) is 0.370. The minimum absolute atomic E-state index is 0.0551. The number of fused-ring (bicyclic) bond motifs is 9. The summed E-state index contributed by atoms with van der Waals surface area (Å²) in [4.78, 5) is 24.3. The fourth-order valence-electron chi connectivity index (χ4n) is 4.60. The van der Waals surface area contributed by atoms with E-state index in [2.05, 4.69) is 61.3 Å². The van der Waals surface area contributed by atoms with Crippen molar-refractivity contribution < 1.29 is 9.53 Å². The molecule has 0 atom stereocenters. The molecule has 182 valence electrons. The summed E-state index contributed by atoms with van der Waals surface area (Å²) in [5.74, 6) is 0.483. The Morgan fingerprint density at radius 1 is 0.971 bits per heavy atom. The Bertz CT molecular complexity index is 1200. The molecule has 7 nitrogen and oxygen atoms in total. The van der Waals surface area contributed by atoms with E-state index < -0.39 is 0 Å². The second kappa shape index (κ2) is 11.3. The lowest BCUT2D eigenvalue weighted by atomic mass is 10.1. The molecule has 8 heteroatoms. The molecule has 1 fully saturated rings. The first-order valence-corrected chi connectivity index (χ1v) is 13.4. The Hall–Kier alpha value is -2.72. The quantitative estimate of drug-likeness (QED) is 0.368. The van der Waals surface area contributed by atoms with Crippen LogP contribution in [0.15, 0.2) is 48.7 Å². The van der Waals surface area contributed by atoms with Crippen molar-refractivity contribution in [3.8, 4) is 11.3 Å². The first kappa shape index (κ1) is 24.0. The number of nitrogens with zero attached hydrogens (tertiary/aromatic N) is 3. The van der Waals surface area contributed by atoms with Gasteiger partial charge in [0.25, 0.3) is 5.91 Å². The normalized spacial score (nSPS) is 17.1. The maximum absolute atomic E-state index is 12.6. The van der Waals surface area contributed by atoms with Crippen molar-refractivity contribution in [2.45, 2.75) is 38.7 Å². The number of carbonyl (C=O) groups is 1. The molecule has 3 aromatic rings. The van der Waals surface area contributed by atoms with Crippen LogP contribution in [0.3, 0.4) is 0 Å². The smallest absolute Gasteiger partial charge is 0.251 e. The minimum Gasteiger partial charge on any atom is -0.377 e. The number of benzene rings is 2. The van der Waals surface area contributed by atoms with Gasteiger partial charge in [-0.3, -0.25) is 4.79 Å². The molecule has 3 aliphatic rings. The highest BCUT2D eigenvalue weighted by molar-refractivity contribution is 14.1. The summed E-state index contributed by atoms with van der Waals surface area (Å²) in [6.07, 6.45) is 7.29. The van der Waals surface area contributed by atoms with Crippen LogP contribution in [0.4, 0.5) is 17.3 Å². The average molecular weight is 583 g/mol. The van der Waals surface area contributed by atoms with Crippen LogP contribution in [0.1, 0.15) is 48.0 Å². The second-order valence-corrected chi connectivity index (χ2v) is 10.2. The molecular formula is C27H30IN5O2. The number of rotatable bonds is 1. The van der Waals surface area contributed by atoms with Gasteiger partial charge in [0.1, 0.15) is 0 Å². The number of ether oxygens (including phenoxy) is 1. The molecule has 6 rings (SSSR count). The number of hydrogen-bond donors (Lipinski definition) is 2. The number of aromatic nitrogens is 2. The van der Waals surface area contributed by atoms with E-state index in [1.165, 1.54) is 30.5 Å². The zero-order chi connectivity index (χ0) is 24.0. The number of carbonyl (C=O) groups excluding carboxylic acids is 1. The van der Waals surface area contributed by atoms with Crippen LogP contribution in [0, 0.1) is 3.57 Å². The SMILES string of the molecule is O=C1NCCCCOCc2cc(ccc2N2CCCCC2)Nc2nccc(n2)-c2ccc1cc2I. The molecule has 3 aliphatic heterocycles. The molecule has 0 radical (unpaired) electrons. The van der Waals surface area contributed by atoms with Gasteiger partial charge in [0, 0.05) is 64.1 Å². The number of halogens is 1. The second-order valence-electron chi connectivity index (χ2n) is 8.99. The van der Waals surface area contributed by atoms with Gasteiger partial charge in [0.15, 0.2) is 0 Å². The van der Waals surface area contributed by atoms with Crippen LogP contribution in [0.25, 0.3) is 11.3 Å². The Labute approximate surface area is 219 Å². The summed E-state index contributed by atoms with van der Waals surface area (Å²) in [6.45, 7) is 4.01. The van der Waals surface area contributed by atoms with Crippen LogP contribution in [0.5, 0.6) is 0 Å². The monoisotopic (exact) mass is 583 g/mol. The van der Waals surface area contributed by atoms with Crippen LogP contribution < -0.4 is 15.5 Å². The van der Waals surface area contributed by atoms with E-state index in [0.29, 0.717) is 31.3 Å². The van der Waals surface area contributed by atoms with Crippen LogP contribution >= 0.6 is 22.6 Å². The first-order chi connectivity index (χ1) is 17.2. The third kappa shape index (κ3) is 5.92. The Morgan fingerprint density at radius 2 is 1.86 bits per heavy atom. The van der Waals surface area contributed by atoms with Crippen LogP contribution in [-0.4, -0.2) is 42.1 Å². The van der Waals surface area contributed by atoms with E-state index in [-0.39, 0.29) is 5.91 Å². The Kier molecular flexibility index (Phi) is 7.78. The average Bonchev–Trinajstić information content (AvgIpc) is 2.88. The zero-order valence-electron chi connectivity index (χ0n) is 19.7. The van der Waals surface area contributed by atoms with E-state index in [1.54, 1.807) is 6.20 Å². The number of amides is 1. The largest absolute Gasteiger partial charge is 0.377 e. The van der Waals surface area contributed by atoms with Gasteiger partial charge in [-0.05, 0) is 91.1 Å². The van der Waals surface area contributed by atoms with Crippen molar-refractivity contribution in [3.63, 3.8) is 0 Å². The van der Waals surface area contributed by atoms with Gasteiger partial charge in [0.05, 0.1) is 12.3 Å². The van der Waals surface area contributed by atoms with Gasteiger partial charge >= 0.3 is 0 Å². The van der Waals surface area contributed by atoms with Crippen LogP contribution in [-0.2, 0) is 11.3 Å². The topological polar surface area (TPSA) is 79.4 Å². The highest BCUT2D eigenvalue weighted by atomic mass is 127. The molecule has 0 unspecified atom stereocenters. The number of nitrogens with one attached hydrogen (secondary N) is 2. The molecule has 1 amide bonds. The summed E-state index contributed by atoms with van der Waals surface area (Å²) in [5.41, 5.74) is 5.80. The van der Waals surface area contributed by atoms with Gasteiger partial charge in [-0.15, -0.1) is 0 Å². The standard InChI is InChI=1S/C27H30IN5O2/c28-23-17-19-6-8-22(23)24-10-12-30-27(32-24)31-21-7-9-25(33-13-3-1-4-14-33)20(16-21)18-35-15-5-2-11-29-26(19)34/h6-10,12,16-17H,1-5,11,13-15,18H2,(H,29,34)(H,30,31,32). The predicted molar refractivity (Wildman–Crippen MR) is 147 cm³/mol. The summed E-state index contributed by atoms with van der Waals surface area (Å²) >= 11 is 2.26. The summed E-state index contributed by atoms with van der Waals surface area (Å²) in [7, 11) is 0. The molecule has 2 aromatic carbocycles. The molecular weight excluding hydrogens is 553 g/mol. The van der Waals surface area contributed by atoms with Crippen molar-refractivity contribution in [1.82, 2.24) is 15.3 Å². The maximum Gasteiger partial charge on any atom is 0.251 e. The summed E-state index contributed by atoms with van der Waals surface area (Å²) in [5, 5.41) is 6.41. The third-order valence-electron chi connectivity index (χ3n) is 6.45. The molecule has 0 spiro atoms. The Morgan fingerprint density at radius 3 is 2.71 bits per heavy atom. The van der Waals surface area contributed by atoms with Crippen molar-refractivity contribution in [3.05, 3.63) is 63.4 Å². The van der Waals surface area contributed by atoms with Crippen LogP contribution in [0.2, 0.25) is 0 Å². The number of anilines is 3. The highest BCUT2D eigenvalue weighted by Crippen LogP contribution is 2.30. The molecule has 4 heterocycles. The van der Waals surface area contributed by atoms with E-state index >= 15 is 0 Å². The van der Waals surface area contributed by atoms with E-state index in [9.17, 15) is 4.79 Å². The van der Waals surface area contributed by atoms with Gasteiger partial charge in [-0.1, -0.05) is 6.07 Å². The van der Waals surface area contributed by atoms with E-state index in [4.69, 9.17) is 9.72 Å². The van der Waals surface area contributed by atoms with Gasteiger partial charge < -0.3 is 20.3 Å². The van der Waals surface area contributed by atoms with Crippen molar-refractivity contribution >= 4 is 45.8 Å². The molecule has 1 aromatic heterocycles. The molecule has 2 N–H and O–H groups in total. The lowest BCUT2D eigenvalue weighted by Crippen LogP contribution is -2.30. The first-order valence-electron chi connectivity index (χ1n) is 12.3.